The van der Waals surface area contributed by atoms with Gasteiger partial charge in [0.05, 0.1) is 5.41 Å². The Morgan fingerprint density at radius 3 is 2.21 bits per heavy atom. The van der Waals surface area contributed by atoms with E-state index >= 15 is 0 Å². The summed E-state index contributed by atoms with van der Waals surface area (Å²) in [6, 6.07) is 0. The van der Waals surface area contributed by atoms with Crippen molar-refractivity contribution in [3.05, 3.63) is 0 Å². The lowest BCUT2D eigenvalue weighted by atomic mass is 9.77. The van der Waals surface area contributed by atoms with Gasteiger partial charge in [0.1, 0.15) is 0 Å². The van der Waals surface area contributed by atoms with Gasteiger partial charge in [-0.2, -0.15) is 0 Å². The van der Waals surface area contributed by atoms with E-state index in [0.717, 1.165) is 51.1 Å². The van der Waals surface area contributed by atoms with E-state index in [1.807, 2.05) is 0 Å². The highest BCUT2D eigenvalue weighted by molar-refractivity contribution is 5.83. The first-order chi connectivity index (χ1) is 9.00. The molecule has 0 bridgehead atoms. The topological polar surface area (TPSA) is 46.3 Å². The van der Waals surface area contributed by atoms with Gasteiger partial charge in [-0.25, -0.2) is 0 Å². The fraction of sp³-hybridized carbons (Fsp3) is 0.938. The van der Waals surface area contributed by atoms with E-state index in [2.05, 4.69) is 32.6 Å². The number of rotatable bonds is 6. The van der Waals surface area contributed by atoms with E-state index in [-0.39, 0.29) is 5.41 Å². The zero-order chi connectivity index (χ0) is 14.5. The van der Waals surface area contributed by atoms with Crippen molar-refractivity contribution in [1.29, 1.82) is 0 Å². The molecule has 19 heavy (non-hydrogen) atoms. The van der Waals surface area contributed by atoms with Gasteiger partial charge >= 0.3 is 0 Å². The lowest BCUT2D eigenvalue weighted by Crippen LogP contribution is -2.52. The number of hydrogen-bond acceptors (Lipinski definition) is 2. The average Bonchev–Trinajstić information content (AvgIpc) is 2.40. The largest absolute Gasteiger partial charge is 0.342 e. The number of nitrogens with two attached hydrogens (primary N) is 1. The maximum atomic E-state index is 12.9. The van der Waals surface area contributed by atoms with Gasteiger partial charge in [0, 0.05) is 19.6 Å². The maximum absolute atomic E-state index is 12.9. The highest BCUT2D eigenvalue weighted by Crippen LogP contribution is 2.33. The van der Waals surface area contributed by atoms with Crippen LogP contribution in [0, 0.1) is 17.3 Å². The summed E-state index contributed by atoms with van der Waals surface area (Å²) in [6.45, 7) is 11.2. The molecule has 0 saturated carbocycles. The Bertz CT molecular complexity index is 284. The van der Waals surface area contributed by atoms with E-state index in [4.69, 9.17) is 5.73 Å². The fourth-order valence-corrected chi connectivity index (χ4v) is 3.37. The van der Waals surface area contributed by atoms with Crippen molar-refractivity contribution in [2.75, 3.05) is 19.6 Å². The number of hydrogen-bond donors (Lipinski definition) is 1. The molecule has 1 heterocycles. The molecule has 1 aliphatic heterocycles. The minimum Gasteiger partial charge on any atom is -0.342 e. The minimum atomic E-state index is -0.302. The van der Waals surface area contributed by atoms with Crippen molar-refractivity contribution in [1.82, 2.24) is 4.90 Å². The molecule has 1 amide bonds. The first-order valence-electron chi connectivity index (χ1n) is 8.00. The van der Waals surface area contributed by atoms with Crippen LogP contribution in [-0.4, -0.2) is 30.4 Å². The van der Waals surface area contributed by atoms with Gasteiger partial charge in [-0.3, -0.25) is 4.79 Å². The summed E-state index contributed by atoms with van der Waals surface area (Å²) < 4.78 is 0. The van der Waals surface area contributed by atoms with Crippen LogP contribution in [0.15, 0.2) is 0 Å². The Morgan fingerprint density at radius 2 is 1.79 bits per heavy atom. The summed E-state index contributed by atoms with van der Waals surface area (Å²) in [5, 5.41) is 0. The second kappa shape index (κ2) is 7.28. The summed E-state index contributed by atoms with van der Waals surface area (Å²) >= 11 is 0. The molecule has 1 saturated heterocycles. The third-order valence-electron chi connectivity index (χ3n) is 4.92. The Hall–Kier alpha value is -0.570. The highest BCUT2D eigenvalue weighted by Gasteiger charge is 2.40. The van der Waals surface area contributed by atoms with Gasteiger partial charge in [0.15, 0.2) is 0 Å². The van der Waals surface area contributed by atoms with Crippen molar-refractivity contribution >= 4 is 5.91 Å². The Balaban J connectivity index is 2.81. The van der Waals surface area contributed by atoms with Crippen molar-refractivity contribution in [2.45, 2.75) is 59.8 Å². The summed E-state index contributed by atoms with van der Waals surface area (Å²) in [4.78, 5) is 15.0. The maximum Gasteiger partial charge on any atom is 0.230 e. The summed E-state index contributed by atoms with van der Waals surface area (Å²) in [5.41, 5.74) is 5.70. The molecular weight excluding hydrogens is 236 g/mol. The normalized spacial score (nSPS) is 24.6. The van der Waals surface area contributed by atoms with Crippen molar-refractivity contribution in [3.8, 4) is 0 Å². The molecule has 1 fully saturated rings. The molecule has 1 aliphatic rings. The predicted molar refractivity (Wildman–Crippen MR) is 80.8 cm³/mol. The van der Waals surface area contributed by atoms with E-state index in [1.165, 1.54) is 0 Å². The van der Waals surface area contributed by atoms with E-state index in [9.17, 15) is 4.79 Å². The Morgan fingerprint density at radius 1 is 1.21 bits per heavy atom. The van der Waals surface area contributed by atoms with Crippen LogP contribution in [0.3, 0.4) is 0 Å². The predicted octanol–water partition coefficient (Wildman–Crippen LogP) is 3.04. The second-order valence-corrected chi connectivity index (χ2v) is 6.48. The van der Waals surface area contributed by atoms with Gasteiger partial charge in [0.2, 0.25) is 5.91 Å². The number of likely N-dealkylation sites (tertiary alicyclic amines) is 1. The van der Waals surface area contributed by atoms with Gasteiger partial charge < -0.3 is 10.6 Å². The quantitative estimate of drug-likeness (QED) is 0.805. The fourth-order valence-electron chi connectivity index (χ4n) is 3.37. The zero-order valence-corrected chi connectivity index (χ0v) is 13.2. The number of piperidine rings is 1. The molecule has 0 aromatic rings. The van der Waals surface area contributed by atoms with Crippen molar-refractivity contribution in [2.24, 2.45) is 23.0 Å². The first-order valence-corrected chi connectivity index (χ1v) is 8.00. The van der Waals surface area contributed by atoms with E-state index in [1.54, 1.807) is 0 Å². The molecule has 0 aromatic heterocycles. The van der Waals surface area contributed by atoms with Gasteiger partial charge in [-0.1, -0.05) is 40.5 Å². The van der Waals surface area contributed by atoms with Crippen LogP contribution < -0.4 is 5.73 Å². The van der Waals surface area contributed by atoms with Crippen LogP contribution in [0.4, 0.5) is 0 Å². The number of nitrogens with zero attached hydrogens (tertiary/aromatic N) is 1. The molecular formula is C16H32N2O. The molecule has 0 aliphatic carbocycles. The summed E-state index contributed by atoms with van der Waals surface area (Å²) in [7, 11) is 0. The first kappa shape index (κ1) is 16.5. The number of amides is 1. The lowest BCUT2D eigenvalue weighted by Gasteiger charge is -2.41. The Labute approximate surface area is 118 Å². The van der Waals surface area contributed by atoms with Crippen LogP contribution in [0.2, 0.25) is 0 Å². The van der Waals surface area contributed by atoms with Crippen LogP contribution in [0.25, 0.3) is 0 Å². The SMILES string of the molecule is CCCC(CN)(CCC)C(=O)N1CCC(C)C(C)C1. The molecule has 112 valence electrons. The Kier molecular flexibility index (Phi) is 6.31. The number of carbonyl (C=O) groups excluding carboxylic acids is 1. The van der Waals surface area contributed by atoms with Crippen molar-refractivity contribution in [3.63, 3.8) is 0 Å². The van der Waals surface area contributed by atoms with Gasteiger partial charge in [0.25, 0.3) is 0 Å². The average molecular weight is 268 g/mol. The smallest absolute Gasteiger partial charge is 0.230 e. The summed E-state index contributed by atoms with van der Waals surface area (Å²) in [6.07, 6.45) is 5.05. The van der Waals surface area contributed by atoms with Crippen LogP contribution >= 0.6 is 0 Å². The highest BCUT2D eigenvalue weighted by atomic mass is 16.2. The standard InChI is InChI=1S/C16H32N2O/c1-5-8-16(12-17,9-6-2)15(19)18-10-7-13(3)14(4)11-18/h13-14H,5-12,17H2,1-4H3. The third kappa shape index (κ3) is 3.71. The van der Waals surface area contributed by atoms with Crippen LogP contribution in [-0.2, 0) is 4.79 Å². The monoisotopic (exact) mass is 268 g/mol. The van der Waals surface area contributed by atoms with Gasteiger partial charge in [-0.15, -0.1) is 0 Å². The van der Waals surface area contributed by atoms with Crippen LogP contribution in [0.5, 0.6) is 0 Å². The summed E-state index contributed by atoms with van der Waals surface area (Å²) in [5.74, 6) is 1.66. The van der Waals surface area contributed by atoms with E-state index < -0.39 is 0 Å². The molecule has 3 nitrogen and oxygen atoms in total. The molecule has 0 spiro atoms. The molecule has 3 heteroatoms. The molecule has 0 radical (unpaired) electrons. The molecule has 0 aromatic carbocycles. The number of carbonyl (C=O) groups is 1. The lowest BCUT2D eigenvalue weighted by molar-refractivity contribution is -0.145. The molecule has 1 rings (SSSR count). The molecule has 2 unspecified atom stereocenters. The molecule has 2 atom stereocenters. The van der Waals surface area contributed by atoms with Gasteiger partial charge in [-0.05, 0) is 31.1 Å². The van der Waals surface area contributed by atoms with E-state index in [0.29, 0.717) is 18.4 Å². The minimum absolute atomic E-state index is 0.302. The second-order valence-electron chi connectivity index (χ2n) is 6.48. The molecule has 2 N–H and O–H groups in total. The third-order valence-corrected chi connectivity index (χ3v) is 4.92. The van der Waals surface area contributed by atoms with Crippen molar-refractivity contribution < 1.29 is 4.79 Å². The van der Waals surface area contributed by atoms with Crippen LogP contribution in [0.1, 0.15) is 59.8 Å². The zero-order valence-electron chi connectivity index (χ0n) is 13.2.